The van der Waals surface area contributed by atoms with Crippen LogP contribution in [0.5, 0.6) is 0 Å². The Labute approximate surface area is 145 Å². The molecule has 130 valence electrons. The van der Waals surface area contributed by atoms with Crippen molar-refractivity contribution < 1.29 is 13.6 Å². The molecular weight excluding hydrogens is 328 g/mol. The van der Waals surface area contributed by atoms with Crippen LogP contribution in [-0.4, -0.2) is 11.9 Å². The first kappa shape index (κ1) is 18.6. The Hall–Kier alpha value is -1.75. The minimum absolute atomic E-state index is 0.116. The first-order valence-electron chi connectivity index (χ1n) is 8.23. The molecule has 0 unspecified atom stereocenters. The highest BCUT2D eigenvalue weighted by atomic mass is 32.1. The summed E-state index contributed by atoms with van der Waals surface area (Å²) in [7, 11) is 0. The second-order valence-electron chi connectivity index (χ2n) is 6.49. The fourth-order valence-corrected chi connectivity index (χ4v) is 3.37. The summed E-state index contributed by atoms with van der Waals surface area (Å²) in [6, 6.07) is 7.36. The van der Waals surface area contributed by atoms with Crippen molar-refractivity contribution in [2.24, 2.45) is 5.92 Å². The smallest absolute Gasteiger partial charge is 0.261 e. The summed E-state index contributed by atoms with van der Waals surface area (Å²) in [5, 5.41) is 2.99. The van der Waals surface area contributed by atoms with Crippen LogP contribution in [-0.2, 0) is 0 Å². The number of carbonyl (C=O) groups excluding carboxylic acids is 1. The van der Waals surface area contributed by atoms with Gasteiger partial charge in [0.25, 0.3) is 5.91 Å². The van der Waals surface area contributed by atoms with Gasteiger partial charge < -0.3 is 5.32 Å². The Morgan fingerprint density at radius 1 is 1.08 bits per heavy atom. The van der Waals surface area contributed by atoms with Gasteiger partial charge in [0.05, 0.1) is 4.88 Å². The Kier molecular flexibility index (Phi) is 6.49. The van der Waals surface area contributed by atoms with Crippen molar-refractivity contribution in [3.63, 3.8) is 0 Å². The summed E-state index contributed by atoms with van der Waals surface area (Å²) >= 11 is 1.28. The van der Waals surface area contributed by atoms with Gasteiger partial charge in [-0.1, -0.05) is 32.8 Å². The standard InChI is InChI=1S/C19H23F2NOS/c1-12(2)5-4-6-13(3)22-19(23)18-10-9-17(24-18)14-7-8-15(20)16(21)11-14/h7-13H,4-6H2,1-3H3,(H,22,23)/t13-/m1/s1. The molecule has 1 atom stereocenters. The van der Waals surface area contributed by atoms with Gasteiger partial charge in [0.15, 0.2) is 11.6 Å². The average molecular weight is 351 g/mol. The zero-order chi connectivity index (χ0) is 17.7. The van der Waals surface area contributed by atoms with E-state index >= 15 is 0 Å². The van der Waals surface area contributed by atoms with Crippen molar-refractivity contribution in [2.75, 3.05) is 0 Å². The highest BCUT2D eigenvalue weighted by Gasteiger charge is 2.14. The quantitative estimate of drug-likeness (QED) is 0.687. The monoisotopic (exact) mass is 351 g/mol. The number of nitrogens with one attached hydrogen (secondary N) is 1. The van der Waals surface area contributed by atoms with Gasteiger partial charge in [-0.15, -0.1) is 11.3 Å². The lowest BCUT2D eigenvalue weighted by Gasteiger charge is -2.13. The van der Waals surface area contributed by atoms with E-state index in [1.165, 1.54) is 17.4 Å². The lowest BCUT2D eigenvalue weighted by atomic mass is 10.0. The van der Waals surface area contributed by atoms with E-state index < -0.39 is 11.6 Å². The maximum Gasteiger partial charge on any atom is 0.261 e. The number of thiophene rings is 1. The summed E-state index contributed by atoms with van der Waals surface area (Å²) in [4.78, 5) is 13.6. The summed E-state index contributed by atoms with van der Waals surface area (Å²) in [5.41, 5.74) is 0.572. The molecule has 0 spiro atoms. The van der Waals surface area contributed by atoms with E-state index in [0.717, 1.165) is 36.3 Å². The summed E-state index contributed by atoms with van der Waals surface area (Å²) < 4.78 is 26.3. The molecule has 0 saturated carbocycles. The Morgan fingerprint density at radius 2 is 1.83 bits per heavy atom. The van der Waals surface area contributed by atoms with E-state index in [-0.39, 0.29) is 11.9 Å². The fraction of sp³-hybridized carbons (Fsp3) is 0.421. The minimum atomic E-state index is -0.884. The molecule has 2 rings (SSSR count). The predicted molar refractivity (Wildman–Crippen MR) is 95.3 cm³/mol. The van der Waals surface area contributed by atoms with Gasteiger partial charge in [0.1, 0.15) is 0 Å². The van der Waals surface area contributed by atoms with Crippen LogP contribution in [0.25, 0.3) is 10.4 Å². The highest BCUT2D eigenvalue weighted by molar-refractivity contribution is 7.17. The number of hydrogen-bond acceptors (Lipinski definition) is 2. The van der Waals surface area contributed by atoms with Crippen molar-refractivity contribution >= 4 is 17.2 Å². The van der Waals surface area contributed by atoms with E-state index in [2.05, 4.69) is 19.2 Å². The summed E-state index contributed by atoms with van der Waals surface area (Å²) in [5.74, 6) is -1.20. The lowest BCUT2D eigenvalue weighted by molar-refractivity contribution is 0.0942. The van der Waals surface area contributed by atoms with Gasteiger partial charge in [0.2, 0.25) is 0 Å². The summed E-state index contributed by atoms with van der Waals surface area (Å²) in [6.45, 7) is 6.38. The van der Waals surface area contributed by atoms with Crippen LogP contribution in [0.3, 0.4) is 0 Å². The van der Waals surface area contributed by atoms with Crippen LogP contribution in [0.2, 0.25) is 0 Å². The molecule has 0 bridgehead atoms. The highest BCUT2D eigenvalue weighted by Crippen LogP contribution is 2.29. The first-order chi connectivity index (χ1) is 11.4. The van der Waals surface area contributed by atoms with Gasteiger partial charge in [-0.25, -0.2) is 8.78 Å². The number of rotatable bonds is 7. The van der Waals surface area contributed by atoms with Crippen LogP contribution in [0.4, 0.5) is 8.78 Å². The largest absolute Gasteiger partial charge is 0.349 e. The minimum Gasteiger partial charge on any atom is -0.349 e. The third kappa shape index (κ3) is 5.13. The lowest BCUT2D eigenvalue weighted by Crippen LogP contribution is -2.31. The molecule has 1 aromatic heterocycles. The van der Waals surface area contributed by atoms with E-state index in [1.54, 1.807) is 12.1 Å². The molecule has 0 aliphatic rings. The van der Waals surface area contributed by atoms with Crippen molar-refractivity contribution in [1.82, 2.24) is 5.32 Å². The van der Waals surface area contributed by atoms with Crippen molar-refractivity contribution in [2.45, 2.75) is 46.1 Å². The van der Waals surface area contributed by atoms with Crippen LogP contribution in [0.15, 0.2) is 30.3 Å². The van der Waals surface area contributed by atoms with Crippen LogP contribution >= 0.6 is 11.3 Å². The van der Waals surface area contributed by atoms with Crippen molar-refractivity contribution in [1.29, 1.82) is 0 Å². The maximum absolute atomic E-state index is 13.3. The van der Waals surface area contributed by atoms with Crippen molar-refractivity contribution in [3.05, 3.63) is 46.8 Å². The van der Waals surface area contributed by atoms with Crippen LogP contribution in [0.1, 0.15) is 49.7 Å². The van der Waals surface area contributed by atoms with Gasteiger partial charge in [-0.2, -0.15) is 0 Å². The number of hydrogen-bond donors (Lipinski definition) is 1. The van der Waals surface area contributed by atoms with E-state index in [1.807, 2.05) is 6.92 Å². The third-order valence-electron chi connectivity index (χ3n) is 3.83. The molecule has 1 amide bonds. The second kappa shape index (κ2) is 8.38. The number of halogens is 2. The molecule has 0 saturated heterocycles. The van der Waals surface area contributed by atoms with Crippen LogP contribution < -0.4 is 5.32 Å². The zero-order valence-electron chi connectivity index (χ0n) is 14.2. The normalized spacial score (nSPS) is 12.4. The maximum atomic E-state index is 13.3. The SMILES string of the molecule is CC(C)CCC[C@@H](C)NC(=O)c1ccc(-c2ccc(F)c(F)c2)s1. The van der Waals surface area contributed by atoms with Crippen molar-refractivity contribution in [3.8, 4) is 10.4 Å². The van der Waals surface area contributed by atoms with Gasteiger partial charge >= 0.3 is 0 Å². The number of benzene rings is 1. The number of amides is 1. The topological polar surface area (TPSA) is 29.1 Å². The third-order valence-corrected chi connectivity index (χ3v) is 4.96. The average Bonchev–Trinajstić information content (AvgIpc) is 2.99. The molecular formula is C19H23F2NOS. The van der Waals surface area contributed by atoms with E-state index in [0.29, 0.717) is 16.4 Å². The molecule has 1 aromatic carbocycles. The van der Waals surface area contributed by atoms with Gasteiger partial charge in [-0.05, 0) is 49.1 Å². The molecule has 0 radical (unpaired) electrons. The van der Waals surface area contributed by atoms with Crippen LogP contribution in [0, 0.1) is 17.6 Å². The van der Waals surface area contributed by atoms with Gasteiger partial charge in [0, 0.05) is 10.9 Å². The Balaban J connectivity index is 1.96. The Bertz CT molecular complexity index is 696. The summed E-state index contributed by atoms with van der Waals surface area (Å²) in [6.07, 6.45) is 3.19. The van der Waals surface area contributed by atoms with Gasteiger partial charge in [-0.3, -0.25) is 4.79 Å². The molecule has 1 heterocycles. The molecule has 24 heavy (non-hydrogen) atoms. The molecule has 0 aliphatic carbocycles. The Morgan fingerprint density at radius 3 is 2.50 bits per heavy atom. The van der Waals surface area contributed by atoms with E-state index in [4.69, 9.17) is 0 Å². The predicted octanol–water partition coefficient (Wildman–Crippen LogP) is 5.64. The molecule has 5 heteroatoms. The molecule has 0 aliphatic heterocycles. The molecule has 2 aromatic rings. The zero-order valence-corrected chi connectivity index (χ0v) is 15.1. The fourth-order valence-electron chi connectivity index (χ4n) is 2.46. The second-order valence-corrected chi connectivity index (χ2v) is 7.58. The molecule has 2 nitrogen and oxygen atoms in total. The molecule has 1 N–H and O–H groups in total. The van der Waals surface area contributed by atoms with E-state index in [9.17, 15) is 13.6 Å². The number of carbonyl (C=O) groups is 1. The molecule has 0 fully saturated rings. The first-order valence-corrected chi connectivity index (χ1v) is 9.04.